The Morgan fingerprint density at radius 3 is 2.71 bits per heavy atom. The van der Waals surface area contributed by atoms with Crippen LogP contribution in [0.3, 0.4) is 0 Å². The quantitative estimate of drug-likeness (QED) is 0.497. The molecule has 1 aromatic carbocycles. The predicted octanol–water partition coefficient (Wildman–Crippen LogP) is 3.65. The van der Waals surface area contributed by atoms with Crippen LogP contribution in [0.25, 0.3) is 0 Å². The van der Waals surface area contributed by atoms with E-state index in [0.29, 0.717) is 0 Å². The molecule has 0 saturated heterocycles. The predicted molar refractivity (Wildman–Crippen MR) is 62.3 cm³/mol. The first-order chi connectivity index (χ1) is 6.74. The van der Waals surface area contributed by atoms with Crippen molar-refractivity contribution < 1.29 is 0 Å². The van der Waals surface area contributed by atoms with Crippen molar-refractivity contribution in [2.75, 3.05) is 0 Å². The van der Waals surface area contributed by atoms with Crippen LogP contribution >= 0.6 is 0 Å². The Morgan fingerprint density at radius 2 is 2.00 bits per heavy atom. The van der Waals surface area contributed by atoms with E-state index < -0.39 is 0 Å². The molecule has 0 N–H and O–H groups in total. The van der Waals surface area contributed by atoms with E-state index in [9.17, 15) is 0 Å². The van der Waals surface area contributed by atoms with Gasteiger partial charge in [0.1, 0.15) is 0 Å². The zero-order valence-corrected chi connectivity index (χ0v) is 9.14. The summed E-state index contributed by atoms with van der Waals surface area (Å²) in [6, 6.07) is 6.65. The summed E-state index contributed by atoms with van der Waals surface area (Å²) in [6.07, 6.45) is 9.63. The van der Waals surface area contributed by atoms with Gasteiger partial charge in [0.05, 0.1) is 0 Å². The van der Waals surface area contributed by atoms with Crippen LogP contribution in [0.1, 0.15) is 36.0 Å². The molecule has 74 valence electrons. The van der Waals surface area contributed by atoms with Crippen LogP contribution in [0.15, 0.2) is 18.2 Å². The Balaban J connectivity index is 2.50. The molecular formula is C14H18. The third kappa shape index (κ3) is 3.26. The van der Waals surface area contributed by atoms with Gasteiger partial charge in [-0.3, -0.25) is 0 Å². The first-order valence-electron chi connectivity index (χ1n) is 5.23. The number of hydrogen-bond acceptors (Lipinski definition) is 0. The fraction of sp³-hybridized carbons (Fsp3) is 0.429. The molecule has 0 aliphatic heterocycles. The van der Waals surface area contributed by atoms with Crippen LogP contribution in [0.4, 0.5) is 0 Å². The van der Waals surface area contributed by atoms with Crippen LogP contribution in [-0.2, 0) is 6.42 Å². The number of terminal acetylenes is 1. The molecule has 14 heavy (non-hydrogen) atoms. The summed E-state index contributed by atoms with van der Waals surface area (Å²) in [6.45, 7) is 4.32. The van der Waals surface area contributed by atoms with Gasteiger partial charge in [0.25, 0.3) is 0 Å². The molecule has 0 unspecified atom stereocenters. The highest BCUT2D eigenvalue weighted by Crippen LogP contribution is 2.13. The van der Waals surface area contributed by atoms with Crippen molar-refractivity contribution >= 4 is 0 Å². The van der Waals surface area contributed by atoms with E-state index in [2.05, 4.69) is 38.0 Å². The van der Waals surface area contributed by atoms with Gasteiger partial charge in [-0.25, -0.2) is 0 Å². The highest BCUT2D eigenvalue weighted by Gasteiger charge is 1.98. The largest absolute Gasteiger partial charge is 0.120 e. The molecule has 0 aromatic heterocycles. The van der Waals surface area contributed by atoms with Crippen molar-refractivity contribution in [3.05, 3.63) is 34.9 Å². The molecule has 0 heterocycles. The van der Waals surface area contributed by atoms with Gasteiger partial charge in [-0.2, -0.15) is 0 Å². The molecule has 0 aliphatic carbocycles. The smallest absolute Gasteiger partial charge is 0.00861 e. The second kappa shape index (κ2) is 5.50. The van der Waals surface area contributed by atoms with Gasteiger partial charge in [-0.1, -0.05) is 23.8 Å². The maximum atomic E-state index is 5.21. The molecule has 0 spiro atoms. The first kappa shape index (κ1) is 10.9. The van der Waals surface area contributed by atoms with Gasteiger partial charge < -0.3 is 0 Å². The number of benzene rings is 1. The summed E-state index contributed by atoms with van der Waals surface area (Å²) in [7, 11) is 0. The zero-order chi connectivity index (χ0) is 10.4. The maximum absolute atomic E-state index is 5.21. The average Bonchev–Trinajstić information content (AvgIpc) is 2.18. The monoisotopic (exact) mass is 186 g/mol. The van der Waals surface area contributed by atoms with E-state index in [1.165, 1.54) is 23.1 Å². The fourth-order valence-electron chi connectivity index (χ4n) is 1.61. The third-order valence-corrected chi connectivity index (χ3v) is 2.52. The van der Waals surface area contributed by atoms with E-state index in [-0.39, 0.29) is 0 Å². The molecule has 0 nitrogen and oxygen atoms in total. The van der Waals surface area contributed by atoms with Crippen molar-refractivity contribution in [2.24, 2.45) is 0 Å². The normalized spacial score (nSPS) is 9.79. The van der Waals surface area contributed by atoms with Gasteiger partial charge in [0, 0.05) is 6.42 Å². The Morgan fingerprint density at radius 1 is 1.21 bits per heavy atom. The van der Waals surface area contributed by atoms with E-state index in [1.54, 1.807) is 0 Å². The number of rotatable bonds is 4. The van der Waals surface area contributed by atoms with Crippen LogP contribution in [0.5, 0.6) is 0 Å². The summed E-state index contributed by atoms with van der Waals surface area (Å²) in [5, 5.41) is 0. The SMILES string of the molecule is C#CCCCCc1cc(C)ccc1C. The Bertz CT molecular complexity index is 328. The Labute approximate surface area is 87.4 Å². The lowest BCUT2D eigenvalue weighted by molar-refractivity contribution is 0.753. The van der Waals surface area contributed by atoms with Gasteiger partial charge >= 0.3 is 0 Å². The van der Waals surface area contributed by atoms with Gasteiger partial charge in [-0.15, -0.1) is 12.3 Å². The lowest BCUT2D eigenvalue weighted by Crippen LogP contribution is -1.90. The van der Waals surface area contributed by atoms with Crippen molar-refractivity contribution in [1.82, 2.24) is 0 Å². The summed E-state index contributed by atoms with van der Waals surface area (Å²) in [5.41, 5.74) is 4.22. The number of unbranched alkanes of at least 4 members (excludes halogenated alkanes) is 2. The number of hydrogen-bond donors (Lipinski definition) is 0. The minimum Gasteiger partial charge on any atom is -0.120 e. The topological polar surface area (TPSA) is 0 Å². The first-order valence-corrected chi connectivity index (χ1v) is 5.23. The standard InChI is InChI=1S/C14H18/c1-4-5-6-7-8-14-11-12(2)9-10-13(14)3/h1,9-11H,5-8H2,2-3H3. The minimum absolute atomic E-state index is 0.908. The van der Waals surface area contributed by atoms with E-state index in [1.807, 2.05) is 0 Å². The molecule has 1 rings (SSSR count). The maximum Gasteiger partial charge on any atom is 0.00861 e. The fourth-order valence-corrected chi connectivity index (χ4v) is 1.61. The summed E-state index contributed by atoms with van der Waals surface area (Å²) >= 11 is 0. The second-order valence-corrected chi connectivity index (χ2v) is 3.84. The second-order valence-electron chi connectivity index (χ2n) is 3.84. The highest BCUT2D eigenvalue weighted by atomic mass is 14.0. The van der Waals surface area contributed by atoms with Crippen molar-refractivity contribution in [2.45, 2.75) is 39.5 Å². The van der Waals surface area contributed by atoms with Crippen LogP contribution in [0.2, 0.25) is 0 Å². The Kier molecular flexibility index (Phi) is 4.26. The molecule has 0 bridgehead atoms. The van der Waals surface area contributed by atoms with E-state index in [0.717, 1.165) is 19.3 Å². The average molecular weight is 186 g/mol. The summed E-state index contributed by atoms with van der Waals surface area (Å²) in [5.74, 6) is 2.68. The molecule has 0 radical (unpaired) electrons. The lowest BCUT2D eigenvalue weighted by Gasteiger charge is -2.06. The summed E-state index contributed by atoms with van der Waals surface area (Å²) in [4.78, 5) is 0. The minimum atomic E-state index is 0.908. The van der Waals surface area contributed by atoms with Crippen LogP contribution in [0, 0.1) is 26.2 Å². The molecule has 0 fully saturated rings. The van der Waals surface area contributed by atoms with Crippen molar-refractivity contribution in [3.63, 3.8) is 0 Å². The van der Waals surface area contributed by atoms with Crippen molar-refractivity contribution in [3.8, 4) is 12.3 Å². The molecule has 0 heteroatoms. The molecule has 0 atom stereocenters. The molecule has 1 aromatic rings. The zero-order valence-electron chi connectivity index (χ0n) is 9.14. The molecule has 0 aliphatic rings. The number of aryl methyl sites for hydroxylation is 3. The van der Waals surface area contributed by atoms with E-state index in [4.69, 9.17) is 6.42 Å². The van der Waals surface area contributed by atoms with Crippen LogP contribution < -0.4 is 0 Å². The van der Waals surface area contributed by atoms with Gasteiger partial charge in [0.15, 0.2) is 0 Å². The molecule has 0 saturated carbocycles. The van der Waals surface area contributed by atoms with Crippen LogP contribution in [-0.4, -0.2) is 0 Å². The van der Waals surface area contributed by atoms with Gasteiger partial charge in [0.2, 0.25) is 0 Å². The van der Waals surface area contributed by atoms with E-state index >= 15 is 0 Å². The molecule has 0 amide bonds. The Hall–Kier alpha value is -1.22. The van der Waals surface area contributed by atoms with Crippen molar-refractivity contribution in [1.29, 1.82) is 0 Å². The summed E-state index contributed by atoms with van der Waals surface area (Å²) < 4.78 is 0. The van der Waals surface area contributed by atoms with Gasteiger partial charge in [-0.05, 0) is 44.2 Å². The highest BCUT2D eigenvalue weighted by molar-refractivity contribution is 5.30. The third-order valence-electron chi connectivity index (χ3n) is 2.52. The molecular weight excluding hydrogens is 168 g/mol. The lowest BCUT2D eigenvalue weighted by atomic mass is 10.0.